The largest absolute Gasteiger partial charge is 0.488 e. The SMILES string of the molecule is [2H]C([2H])(Oc1ccc2c(c1)[C@]1(CCN(CCOC)C([2H])([2H])[2H])CCCC[C@@H]1C=C2)C(F)F.[2H]C([2H])(Oc1ccc2c(c1)[C@]1(CCN(CCOC)C([2H])([2H])[2H])CCCC[C@@H]1CC2)C(F)F.[2H]S([2H])([2H])([2H])([2H])SS(=S)(=S)S(=S)(=S)S(=S)(=S)S(=S)(=S)S(=S)(=S)S(=S)(=S)S(=S)(=S)S(=S)(=S)S(=S)(=S)C#N. The van der Waals surface area contributed by atoms with Crippen molar-refractivity contribution in [3.8, 4) is 16.9 Å². The van der Waals surface area contributed by atoms with Crippen LogP contribution in [0, 0.1) is 22.5 Å². The Morgan fingerprint density at radius 3 is 1.61 bits per heavy atom. The molecular formula is C45H69F4N3O4S29. The van der Waals surface area contributed by atoms with Gasteiger partial charge in [-0.25, -0.2) is 17.6 Å². The monoisotopic (exact) mass is 1730 g/mol. The third-order valence-electron chi connectivity index (χ3n) is 14.3. The van der Waals surface area contributed by atoms with E-state index in [4.69, 9.17) is 240 Å². The van der Waals surface area contributed by atoms with Crippen molar-refractivity contribution in [1.82, 2.24) is 9.80 Å². The third-order valence-corrected chi connectivity index (χ3v) is 178. The van der Waals surface area contributed by atoms with Crippen LogP contribution in [0.5, 0.6) is 11.5 Å². The molecule has 0 unspecified atom stereocenters. The average molecular weight is 1740 g/mol. The van der Waals surface area contributed by atoms with Crippen molar-refractivity contribution in [2.24, 2.45) is 11.8 Å². The van der Waals surface area contributed by atoms with Crippen LogP contribution in [0.2, 0.25) is 0 Å². The van der Waals surface area contributed by atoms with E-state index in [1.165, 1.54) is 23.0 Å². The molecule has 2 saturated carbocycles. The number of alkyl halides is 4. The highest BCUT2D eigenvalue weighted by atomic mass is 34.4. The summed E-state index contributed by atoms with van der Waals surface area (Å²) >= 11 is 92.5. The topological polar surface area (TPSA) is 67.2 Å². The van der Waals surface area contributed by atoms with Crippen molar-refractivity contribution in [3.05, 3.63) is 64.7 Å². The number of thiocyanates is 1. The number of hydrogen-bond donors (Lipinski definition) is 0. The Morgan fingerprint density at radius 1 is 0.647 bits per heavy atom. The van der Waals surface area contributed by atoms with Crippen molar-refractivity contribution in [2.75, 3.05) is 80.7 Å². The van der Waals surface area contributed by atoms with Gasteiger partial charge in [0.25, 0.3) is 12.9 Å². The van der Waals surface area contributed by atoms with E-state index in [2.05, 4.69) is 6.08 Å². The standard InChI is InChI=1S/C22H33F2NO2.C22H31F2NO2.CH5NS29/c2*1-25(13-14-26-2)12-11-22-10-4-3-5-18(22)8-6-17-7-9-19(15-20(17)22)27-16-21(23)24;2-1-23(4,5)25(8,9)27(12,13)29(16,17)31(20,21)30(18,19)28(14,15)26(10,11)24(6,7)22-3/h7,9,15,18,21H,3-6,8,10-14,16H2,1-2H3;6-9,15,18,21H,3-5,10-14,16H2,1-2H3;3H5/t2*18-,22+;/m11./s1/i2*1D3,16D2;3D5. The number of likely N-dealkylation sites (N-methyl/N-ethyl adjacent to an activating group) is 2. The van der Waals surface area contributed by atoms with E-state index < -0.39 is 99.0 Å². The molecular weight excluding hydrogens is 1650 g/mol. The summed E-state index contributed by atoms with van der Waals surface area (Å²) in [7, 11) is 2.80. The van der Waals surface area contributed by atoms with Gasteiger partial charge in [0.1, 0.15) is 24.6 Å². The van der Waals surface area contributed by atoms with Crippen molar-refractivity contribution in [2.45, 2.75) is 101 Å². The molecule has 0 aromatic heterocycles. The van der Waals surface area contributed by atoms with E-state index in [0.717, 1.165) is 86.5 Å². The zero-order valence-corrected chi connectivity index (χ0v) is 68.2. The third kappa shape index (κ3) is 18.7. The predicted molar refractivity (Wildman–Crippen MR) is 435 cm³/mol. The summed E-state index contributed by atoms with van der Waals surface area (Å²) in [6.07, 6.45) is 5.50. The van der Waals surface area contributed by atoms with Gasteiger partial charge in [-0.3, -0.25) is 11.2 Å². The van der Waals surface area contributed by atoms with Gasteiger partial charge >= 0.3 is 0 Å². The summed E-state index contributed by atoms with van der Waals surface area (Å²) in [4.78, 5) is 2.92. The van der Waals surface area contributed by atoms with E-state index in [0.29, 0.717) is 51.6 Å². The number of halogens is 4. The van der Waals surface area contributed by atoms with Crippen LogP contribution in [-0.2, 0) is 276 Å². The van der Waals surface area contributed by atoms with Crippen LogP contribution in [0.15, 0.2) is 42.5 Å². The maximum Gasteiger partial charge on any atom is 0.272 e. The second-order valence-corrected chi connectivity index (χ2v) is 113. The summed E-state index contributed by atoms with van der Waals surface area (Å²) in [6.45, 7) is -8.69. The van der Waals surface area contributed by atoms with Gasteiger partial charge in [-0.15, -0.1) is 0 Å². The molecule has 6 rings (SSSR count). The first kappa shape index (κ1) is 60.8. The molecule has 85 heavy (non-hydrogen) atoms. The number of aryl methyl sites for hydroxylation is 1. The summed E-state index contributed by atoms with van der Waals surface area (Å²) in [6, 6.07) is 10.1. The van der Waals surface area contributed by atoms with Crippen LogP contribution in [0.4, 0.5) is 17.6 Å². The number of rotatable bonds is 28. The molecule has 0 spiro atoms. The molecule has 4 aliphatic rings. The lowest BCUT2D eigenvalue weighted by molar-refractivity contribution is 0.0812. The lowest BCUT2D eigenvalue weighted by atomic mass is 9.56. The number of hydrogen-bond acceptors (Lipinski definition) is 26. The molecule has 0 bridgehead atoms. The van der Waals surface area contributed by atoms with Gasteiger partial charge in [0, 0.05) is 82.6 Å². The number of methoxy groups -OCH3 is 2. The molecule has 0 aliphatic heterocycles. The molecule has 0 amide bonds. The van der Waals surface area contributed by atoms with Crippen LogP contribution >= 0.6 is 21.0 Å². The molecule has 0 saturated heterocycles. The minimum absolute atomic E-state index is 0.0557. The van der Waals surface area contributed by atoms with Crippen LogP contribution in [0.25, 0.3) is 6.08 Å². The maximum absolute atomic E-state index is 13.0. The van der Waals surface area contributed by atoms with Gasteiger partial charge in [-0.1, -0.05) is 59.8 Å². The Balaban J connectivity index is 0.000000319. The highest BCUT2D eigenvalue weighted by Crippen LogP contribution is 2.54. The highest BCUT2D eigenvalue weighted by molar-refractivity contribution is 9.73. The predicted octanol–water partition coefficient (Wildman–Crippen LogP) is 9.34. The number of allylic oxidation sites excluding steroid dienone is 1. The molecule has 0 N–H and O–H groups in total. The van der Waals surface area contributed by atoms with Crippen molar-refractivity contribution in [3.63, 3.8) is 0 Å². The number of nitriles is 1. The zero-order chi connectivity index (χ0) is 77.5. The van der Waals surface area contributed by atoms with Gasteiger partial charge in [-0.05, 0) is 344 Å². The van der Waals surface area contributed by atoms with Crippen molar-refractivity contribution >= 4 is 276 Å². The molecule has 0 radical (unpaired) electrons. The van der Waals surface area contributed by atoms with Gasteiger partial charge in [0.05, 0.1) is 30.5 Å². The highest BCUT2D eigenvalue weighted by Gasteiger charge is 2.47. The Hall–Kier alpha value is 4.64. The second-order valence-electron chi connectivity index (χ2n) is 19.0. The first-order chi connectivity index (χ1) is 44.7. The first-order valence-electron chi connectivity index (χ1n) is 31.5. The second kappa shape index (κ2) is 34.4. The molecule has 7 nitrogen and oxygen atoms in total. The summed E-state index contributed by atoms with van der Waals surface area (Å²) in [5, 5.41) is -17.3. The molecule has 2 fully saturated rings. The Bertz CT molecular complexity index is 4530. The smallest absolute Gasteiger partial charge is 0.272 e. The fourth-order valence-corrected chi connectivity index (χ4v) is 188. The lowest BCUT2D eigenvalue weighted by Gasteiger charge is -2.49. The van der Waals surface area contributed by atoms with E-state index in [-0.39, 0.29) is 44.6 Å². The molecule has 40 heteroatoms. The van der Waals surface area contributed by atoms with E-state index in [1.807, 2.05) is 12.1 Å². The minimum Gasteiger partial charge on any atom is -0.488 e. The summed E-state index contributed by atoms with van der Waals surface area (Å²) in [5.41, 5.74) is 3.36. The molecule has 2 aromatic carbocycles. The lowest BCUT2D eigenvalue weighted by Crippen LogP contribution is -2.44. The fraction of sp³-hybridized carbons (Fsp3) is 0.667. The Morgan fingerprint density at radius 2 is 1.12 bits per heavy atom. The van der Waals surface area contributed by atoms with E-state index >= 15 is 0 Å². The number of ether oxygens (including phenoxy) is 4. The van der Waals surface area contributed by atoms with Crippen LogP contribution in [0.3, 0.4) is 0 Å². The van der Waals surface area contributed by atoms with Crippen LogP contribution in [0.1, 0.15) is 107 Å². The van der Waals surface area contributed by atoms with E-state index in [9.17, 15) is 22.8 Å². The minimum atomic E-state index is -6.57. The first-order valence-corrected chi connectivity index (χ1v) is 62.2. The normalized spacial score (nSPS) is 25.5. The van der Waals surface area contributed by atoms with Crippen LogP contribution < -0.4 is 9.47 Å². The quantitative estimate of drug-likeness (QED) is 0.0462. The molecule has 490 valence electrons. The maximum atomic E-state index is 13.0. The Kier molecular flexibility index (Phi) is 24.6. The van der Waals surface area contributed by atoms with Crippen LogP contribution in [-0.4, -0.2) is 109 Å². The average Bonchev–Trinajstić information content (AvgIpc) is 0.688. The van der Waals surface area contributed by atoms with E-state index in [1.54, 1.807) is 36.8 Å². The van der Waals surface area contributed by atoms with Gasteiger partial charge in [-0.2, -0.15) is 5.26 Å². The number of nitrogens with zero attached hydrogens (tertiary/aromatic N) is 3. The fourth-order valence-electron chi connectivity index (χ4n) is 10.2. The van der Waals surface area contributed by atoms with Gasteiger partial charge in [0.2, 0.25) is 0 Å². The molecule has 0 heterocycles. The summed E-state index contributed by atoms with van der Waals surface area (Å²) in [5.74, 6) is 0.727. The summed E-state index contributed by atoms with van der Waals surface area (Å²) < 4.78 is 188. The molecule has 4 atom stereocenters. The number of benzene rings is 2. The van der Waals surface area contributed by atoms with Crippen molar-refractivity contribution in [1.29, 1.82) is 10.9 Å². The number of fused-ring (bicyclic) bond motifs is 6. The van der Waals surface area contributed by atoms with Gasteiger partial charge < -0.3 is 28.7 Å². The zero-order valence-electron chi connectivity index (χ0n) is 59.5. The van der Waals surface area contributed by atoms with Crippen molar-refractivity contribution < 1.29 is 50.2 Å². The Labute approximate surface area is 613 Å². The molecule has 4 aliphatic carbocycles. The molecule has 2 aromatic rings. The van der Waals surface area contributed by atoms with Gasteiger partial charge in [0.15, 0.2) is 5.40 Å².